The zero-order chi connectivity index (χ0) is 18.0. The fraction of sp³-hybridized carbons (Fsp3) is 0.250. The van der Waals surface area contributed by atoms with Gasteiger partial charge in [0.25, 0.3) is 5.91 Å². The molecule has 3 aromatic rings. The van der Waals surface area contributed by atoms with Gasteiger partial charge in [0.2, 0.25) is 5.95 Å². The molecule has 7 nitrogen and oxygen atoms in total. The Balaban J connectivity index is 1.68. The molecule has 1 aromatic carbocycles. The van der Waals surface area contributed by atoms with Crippen LogP contribution < -0.4 is 5.32 Å². The van der Waals surface area contributed by atoms with Crippen molar-refractivity contribution in [1.82, 2.24) is 24.5 Å². The normalized spacial score (nSPS) is 12.2. The molecule has 1 N–H and O–H groups in total. The third kappa shape index (κ3) is 3.76. The Morgan fingerprint density at radius 3 is 2.84 bits per heavy atom. The number of halogens is 2. The highest BCUT2D eigenvalue weighted by molar-refractivity contribution is 9.10. The molecule has 0 bridgehead atoms. The summed E-state index contributed by atoms with van der Waals surface area (Å²) in [6, 6.07) is 5.93. The number of carbonyl (C=O) groups excluding carboxylic acids is 1. The number of rotatable bonds is 5. The molecule has 0 aliphatic heterocycles. The maximum Gasteiger partial charge on any atom is 0.251 e. The van der Waals surface area contributed by atoms with Crippen molar-refractivity contribution in [2.75, 3.05) is 5.32 Å². The zero-order valence-electron chi connectivity index (χ0n) is 13.6. The molecule has 0 spiro atoms. The van der Waals surface area contributed by atoms with E-state index in [1.165, 1.54) is 17.1 Å². The molecule has 1 atom stereocenters. The van der Waals surface area contributed by atoms with Crippen LogP contribution in [0.15, 0.2) is 41.3 Å². The van der Waals surface area contributed by atoms with Crippen LogP contribution in [0.3, 0.4) is 0 Å². The van der Waals surface area contributed by atoms with Crippen molar-refractivity contribution >= 4 is 27.8 Å². The van der Waals surface area contributed by atoms with Crippen molar-refractivity contribution in [3.8, 4) is 0 Å². The third-order valence-corrected chi connectivity index (χ3v) is 4.57. The van der Waals surface area contributed by atoms with Crippen LogP contribution in [-0.2, 0) is 11.3 Å². The van der Waals surface area contributed by atoms with Gasteiger partial charge in [-0.15, -0.1) is 5.10 Å². The summed E-state index contributed by atoms with van der Waals surface area (Å²) in [4.78, 5) is 16.4. The summed E-state index contributed by atoms with van der Waals surface area (Å²) in [5.41, 5.74) is 1.34. The van der Waals surface area contributed by atoms with Gasteiger partial charge in [0.15, 0.2) is 0 Å². The maximum absolute atomic E-state index is 13.7. The van der Waals surface area contributed by atoms with Crippen molar-refractivity contribution in [2.24, 2.45) is 0 Å². The SMILES string of the molecule is Cc1c(Br)cnn1C(C)C(=O)Nc1ncn(Cc2ccccc2F)n1. The van der Waals surface area contributed by atoms with Crippen molar-refractivity contribution in [1.29, 1.82) is 0 Å². The standard InChI is InChI=1S/C16H16BrFN6O/c1-10-13(17)7-20-24(10)11(2)15(25)21-16-19-9-23(22-16)8-12-5-3-4-6-14(12)18/h3-7,9,11H,8H2,1-2H3,(H,21,22,25). The lowest BCUT2D eigenvalue weighted by Crippen LogP contribution is -2.25. The fourth-order valence-corrected chi connectivity index (χ4v) is 2.62. The maximum atomic E-state index is 13.7. The summed E-state index contributed by atoms with van der Waals surface area (Å²) in [6.45, 7) is 3.83. The molecule has 1 amide bonds. The number of benzene rings is 1. The second-order valence-electron chi connectivity index (χ2n) is 5.54. The van der Waals surface area contributed by atoms with Crippen molar-refractivity contribution in [3.63, 3.8) is 0 Å². The molecule has 0 fully saturated rings. The number of carbonyl (C=O) groups is 1. The molecule has 130 valence electrons. The Morgan fingerprint density at radius 2 is 2.16 bits per heavy atom. The molecule has 0 saturated carbocycles. The number of aromatic nitrogens is 5. The number of hydrogen-bond donors (Lipinski definition) is 1. The van der Waals surface area contributed by atoms with Gasteiger partial charge >= 0.3 is 0 Å². The molecule has 3 rings (SSSR count). The van der Waals surface area contributed by atoms with E-state index in [2.05, 4.69) is 36.4 Å². The molecule has 0 aliphatic carbocycles. The Labute approximate surface area is 152 Å². The number of amides is 1. The van der Waals surface area contributed by atoms with Crippen LogP contribution in [0.1, 0.15) is 24.2 Å². The van der Waals surface area contributed by atoms with Gasteiger partial charge in [0.1, 0.15) is 18.2 Å². The van der Waals surface area contributed by atoms with Crippen LogP contribution in [0.25, 0.3) is 0 Å². The van der Waals surface area contributed by atoms with Crippen LogP contribution in [0.4, 0.5) is 10.3 Å². The van der Waals surface area contributed by atoms with Crippen LogP contribution in [0, 0.1) is 12.7 Å². The molecule has 0 saturated heterocycles. The molecule has 1 unspecified atom stereocenters. The van der Waals surface area contributed by atoms with E-state index < -0.39 is 6.04 Å². The first-order valence-electron chi connectivity index (χ1n) is 7.59. The Bertz CT molecular complexity index is 906. The summed E-state index contributed by atoms with van der Waals surface area (Å²) >= 11 is 3.37. The lowest BCUT2D eigenvalue weighted by Gasteiger charge is -2.13. The van der Waals surface area contributed by atoms with E-state index in [0.29, 0.717) is 5.56 Å². The third-order valence-electron chi connectivity index (χ3n) is 3.79. The monoisotopic (exact) mass is 406 g/mol. The average Bonchev–Trinajstić information content (AvgIpc) is 3.16. The van der Waals surface area contributed by atoms with E-state index in [1.54, 1.807) is 36.0 Å². The van der Waals surface area contributed by atoms with Gasteiger partial charge < -0.3 is 0 Å². The highest BCUT2D eigenvalue weighted by Gasteiger charge is 2.20. The van der Waals surface area contributed by atoms with Crippen molar-refractivity contribution in [2.45, 2.75) is 26.4 Å². The second kappa shape index (κ2) is 7.14. The molecule has 2 heterocycles. The van der Waals surface area contributed by atoms with Crippen LogP contribution >= 0.6 is 15.9 Å². The minimum atomic E-state index is -0.523. The van der Waals surface area contributed by atoms with Crippen LogP contribution in [0.2, 0.25) is 0 Å². The molecular formula is C16H16BrFN6O. The predicted octanol–water partition coefficient (Wildman–Crippen LogP) is 2.93. The van der Waals surface area contributed by atoms with Gasteiger partial charge in [-0.05, 0) is 35.8 Å². The number of anilines is 1. The van der Waals surface area contributed by atoms with Crippen molar-refractivity contribution < 1.29 is 9.18 Å². The Morgan fingerprint density at radius 1 is 1.40 bits per heavy atom. The predicted molar refractivity (Wildman–Crippen MR) is 93.5 cm³/mol. The van der Waals surface area contributed by atoms with Gasteiger partial charge in [0, 0.05) is 5.56 Å². The minimum absolute atomic E-state index is 0.164. The summed E-state index contributed by atoms with van der Waals surface area (Å²) in [6.07, 6.45) is 3.09. The van der Waals surface area contributed by atoms with Gasteiger partial charge in [-0.1, -0.05) is 18.2 Å². The van der Waals surface area contributed by atoms with E-state index in [4.69, 9.17) is 0 Å². The molecule has 0 radical (unpaired) electrons. The molecule has 9 heteroatoms. The molecule has 2 aromatic heterocycles. The van der Waals surface area contributed by atoms with E-state index in [1.807, 2.05) is 6.92 Å². The first kappa shape index (κ1) is 17.3. The quantitative estimate of drug-likeness (QED) is 0.706. The summed E-state index contributed by atoms with van der Waals surface area (Å²) < 4.78 is 17.6. The lowest BCUT2D eigenvalue weighted by atomic mass is 10.2. The summed E-state index contributed by atoms with van der Waals surface area (Å²) in [7, 11) is 0. The smallest absolute Gasteiger partial charge is 0.251 e. The largest absolute Gasteiger partial charge is 0.291 e. The van der Waals surface area contributed by atoms with Gasteiger partial charge in [-0.25, -0.2) is 14.1 Å². The highest BCUT2D eigenvalue weighted by atomic mass is 79.9. The van der Waals surface area contributed by atoms with Gasteiger partial charge in [-0.2, -0.15) is 5.10 Å². The van der Waals surface area contributed by atoms with Crippen molar-refractivity contribution in [3.05, 3.63) is 58.3 Å². The summed E-state index contributed by atoms with van der Waals surface area (Å²) in [5.74, 6) is -0.434. The Kier molecular flexibility index (Phi) is 4.93. The zero-order valence-corrected chi connectivity index (χ0v) is 15.2. The number of nitrogens with zero attached hydrogens (tertiary/aromatic N) is 5. The molecule has 25 heavy (non-hydrogen) atoms. The highest BCUT2D eigenvalue weighted by Crippen LogP contribution is 2.19. The molecule has 0 aliphatic rings. The van der Waals surface area contributed by atoms with Crippen LogP contribution in [0.5, 0.6) is 0 Å². The summed E-state index contributed by atoms with van der Waals surface area (Å²) in [5, 5.41) is 11.0. The van der Waals surface area contributed by atoms with Crippen LogP contribution in [-0.4, -0.2) is 30.5 Å². The number of hydrogen-bond acceptors (Lipinski definition) is 4. The Hall–Kier alpha value is -2.55. The van der Waals surface area contributed by atoms with Gasteiger partial charge in [-0.3, -0.25) is 14.8 Å². The number of nitrogens with one attached hydrogen (secondary N) is 1. The van der Waals surface area contributed by atoms with E-state index >= 15 is 0 Å². The lowest BCUT2D eigenvalue weighted by molar-refractivity contribution is -0.119. The topological polar surface area (TPSA) is 77.6 Å². The average molecular weight is 407 g/mol. The molecular weight excluding hydrogens is 391 g/mol. The minimum Gasteiger partial charge on any atom is -0.291 e. The second-order valence-corrected chi connectivity index (χ2v) is 6.40. The van der Waals surface area contributed by atoms with Gasteiger partial charge in [0.05, 0.1) is 22.9 Å². The van der Waals surface area contributed by atoms with E-state index in [9.17, 15) is 9.18 Å². The first-order chi connectivity index (χ1) is 12.0. The fourth-order valence-electron chi connectivity index (χ4n) is 2.35. The van der Waals surface area contributed by atoms with E-state index in [-0.39, 0.29) is 24.2 Å². The first-order valence-corrected chi connectivity index (χ1v) is 8.38. The van der Waals surface area contributed by atoms with E-state index in [0.717, 1.165) is 10.2 Å².